The zero-order chi connectivity index (χ0) is 6.32. The largest absolute Gasteiger partial charge is 0.363 e. The van der Waals surface area contributed by atoms with Gasteiger partial charge >= 0.3 is 0 Å². The summed E-state index contributed by atoms with van der Waals surface area (Å²) in [7, 11) is 0. The summed E-state index contributed by atoms with van der Waals surface area (Å²) in [5.41, 5.74) is 0.0773. The van der Waals surface area contributed by atoms with Gasteiger partial charge < -0.3 is 10.1 Å². The number of carbonyl (C=O) groups excluding carboxylic acids is 1. The number of hydrogen-bond donors (Lipinski definition) is 1. The lowest BCUT2D eigenvalue weighted by molar-refractivity contribution is -0.134. The standard InChI is InChI=1S/C6H9NO2/c8-5-3-9-6(1-2-6)4-7-5/h1-4H2,(H,7,8). The maximum atomic E-state index is 10.5. The smallest absolute Gasteiger partial charge is 0.246 e. The quantitative estimate of drug-likeness (QED) is 0.483. The van der Waals surface area contributed by atoms with E-state index >= 15 is 0 Å². The lowest BCUT2D eigenvalue weighted by Crippen LogP contribution is -2.44. The third-order valence-corrected chi connectivity index (χ3v) is 1.92. The fourth-order valence-electron chi connectivity index (χ4n) is 1.04. The Morgan fingerprint density at radius 1 is 1.56 bits per heavy atom. The van der Waals surface area contributed by atoms with Crippen LogP contribution in [0.2, 0.25) is 0 Å². The lowest BCUT2D eigenvalue weighted by Gasteiger charge is -2.21. The molecule has 2 fully saturated rings. The van der Waals surface area contributed by atoms with Crippen LogP contribution in [0.4, 0.5) is 0 Å². The van der Waals surface area contributed by atoms with Crippen molar-refractivity contribution in [1.29, 1.82) is 0 Å². The molecule has 0 unspecified atom stereocenters. The maximum absolute atomic E-state index is 10.5. The van der Waals surface area contributed by atoms with Gasteiger partial charge in [-0.15, -0.1) is 0 Å². The number of nitrogens with one attached hydrogen (secondary N) is 1. The molecule has 50 valence electrons. The fourth-order valence-corrected chi connectivity index (χ4v) is 1.04. The van der Waals surface area contributed by atoms with Crippen LogP contribution in [-0.4, -0.2) is 24.7 Å². The van der Waals surface area contributed by atoms with Crippen molar-refractivity contribution in [3.05, 3.63) is 0 Å². The molecule has 1 heterocycles. The normalized spacial score (nSPS) is 30.0. The van der Waals surface area contributed by atoms with E-state index in [9.17, 15) is 4.79 Å². The van der Waals surface area contributed by atoms with Crippen LogP contribution < -0.4 is 5.32 Å². The second-order valence-electron chi connectivity index (χ2n) is 2.75. The molecular formula is C6H9NO2. The summed E-state index contributed by atoms with van der Waals surface area (Å²) < 4.78 is 5.28. The highest BCUT2D eigenvalue weighted by Crippen LogP contribution is 2.39. The summed E-state index contributed by atoms with van der Waals surface area (Å²) in [4.78, 5) is 10.5. The number of morpholine rings is 1. The topological polar surface area (TPSA) is 38.3 Å². The molecule has 1 aliphatic carbocycles. The first-order valence-electron chi connectivity index (χ1n) is 3.21. The average Bonchev–Trinajstić information content (AvgIpc) is 2.60. The molecule has 2 rings (SSSR count). The van der Waals surface area contributed by atoms with Crippen LogP contribution >= 0.6 is 0 Å². The molecule has 1 N–H and O–H groups in total. The van der Waals surface area contributed by atoms with Gasteiger partial charge in [0.1, 0.15) is 6.61 Å². The van der Waals surface area contributed by atoms with E-state index in [1.54, 1.807) is 0 Å². The summed E-state index contributed by atoms with van der Waals surface area (Å²) in [6, 6.07) is 0. The molecule has 1 amide bonds. The molecule has 1 saturated carbocycles. The van der Waals surface area contributed by atoms with Gasteiger partial charge in [0.25, 0.3) is 0 Å². The Bertz CT molecular complexity index is 139. The zero-order valence-electron chi connectivity index (χ0n) is 5.14. The summed E-state index contributed by atoms with van der Waals surface area (Å²) in [5, 5.41) is 2.77. The van der Waals surface area contributed by atoms with Crippen LogP contribution in [0.25, 0.3) is 0 Å². The van der Waals surface area contributed by atoms with Crippen molar-refractivity contribution in [2.45, 2.75) is 18.4 Å². The first kappa shape index (κ1) is 5.23. The van der Waals surface area contributed by atoms with Crippen molar-refractivity contribution < 1.29 is 9.53 Å². The van der Waals surface area contributed by atoms with E-state index in [-0.39, 0.29) is 18.1 Å². The van der Waals surface area contributed by atoms with Crippen LogP contribution in [0.5, 0.6) is 0 Å². The van der Waals surface area contributed by atoms with Crippen molar-refractivity contribution in [3.63, 3.8) is 0 Å². The molecule has 0 aromatic carbocycles. The molecule has 1 saturated heterocycles. The number of rotatable bonds is 0. The summed E-state index contributed by atoms with van der Waals surface area (Å²) in [6.45, 7) is 0.992. The van der Waals surface area contributed by atoms with E-state index in [1.165, 1.54) is 0 Å². The zero-order valence-corrected chi connectivity index (χ0v) is 5.14. The molecule has 0 atom stereocenters. The predicted octanol–water partition coefficient (Wildman–Crippen LogP) is -0.335. The van der Waals surface area contributed by atoms with Crippen molar-refractivity contribution in [1.82, 2.24) is 5.32 Å². The average molecular weight is 127 g/mol. The molecule has 0 aromatic rings. The van der Waals surface area contributed by atoms with Crippen molar-refractivity contribution in [3.8, 4) is 0 Å². The second-order valence-corrected chi connectivity index (χ2v) is 2.75. The van der Waals surface area contributed by atoms with Gasteiger partial charge in [-0.2, -0.15) is 0 Å². The fraction of sp³-hybridized carbons (Fsp3) is 0.833. The Kier molecular flexibility index (Phi) is 0.858. The molecule has 3 heteroatoms. The minimum atomic E-state index is 0.0209. The first-order valence-corrected chi connectivity index (χ1v) is 3.21. The highest BCUT2D eigenvalue weighted by atomic mass is 16.5. The Morgan fingerprint density at radius 2 is 2.33 bits per heavy atom. The third kappa shape index (κ3) is 0.812. The van der Waals surface area contributed by atoms with E-state index in [4.69, 9.17) is 4.74 Å². The molecule has 1 spiro atoms. The molecule has 0 aromatic heterocycles. The van der Waals surface area contributed by atoms with Gasteiger partial charge in [0.2, 0.25) is 5.91 Å². The van der Waals surface area contributed by atoms with E-state index in [0.717, 1.165) is 19.4 Å². The van der Waals surface area contributed by atoms with E-state index < -0.39 is 0 Å². The van der Waals surface area contributed by atoms with Crippen LogP contribution in [-0.2, 0) is 9.53 Å². The summed E-state index contributed by atoms with van der Waals surface area (Å²) >= 11 is 0. The lowest BCUT2D eigenvalue weighted by atomic mass is 10.3. The van der Waals surface area contributed by atoms with Crippen LogP contribution in [0.15, 0.2) is 0 Å². The van der Waals surface area contributed by atoms with Gasteiger partial charge in [-0.3, -0.25) is 4.79 Å². The summed E-state index contributed by atoms with van der Waals surface area (Å²) in [5.74, 6) is 0.0209. The number of amides is 1. The van der Waals surface area contributed by atoms with E-state index in [0.29, 0.717) is 0 Å². The number of carbonyl (C=O) groups is 1. The molecule has 0 radical (unpaired) electrons. The van der Waals surface area contributed by atoms with Gasteiger partial charge in [-0.05, 0) is 12.8 Å². The predicted molar refractivity (Wildman–Crippen MR) is 30.9 cm³/mol. The van der Waals surface area contributed by atoms with Gasteiger partial charge in [0, 0.05) is 6.54 Å². The SMILES string of the molecule is O=C1COC2(CC2)CN1. The number of ether oxygens (including phenoxy) is 1. The highest BCUT2D eigenvalue weighted by Gasteiger charge is 2.46. The van der Waals surface area contributed by atoms with Gasteiger partial charge in [0.05, 0.1) is 5.60 Å². The maximum Gasteiger partial charge on any atom is 0.246 e. The van der Waals surface area contributed by atoms with E-state index in [1.807, 2.05) is 0 Å². The van der Waals surface area contributed by atoms with Crippen LogP contribution in [0, 0.1) is 0 Å². The van der Waals surface area contributed by atoms with Gasteiger partial charge in [-0.1, -0.05) is 0 Å². The third-order valence-electron chi connectivity index (χ3n) is 1.92. The molecule has 1 aliphatic heterocycles. The van der Waals surface area contributed by atoms with E-state index in [2.05, 4.69) is 5.32 Å². The molecular weight excluding hydrogens is 118 g/mol. The Morgan fingerprint density at radius 3 is 2.78 bits per heavy atom. The molecule has 2 aliphatic rings. The number of hydrogen-bond acceptors (Lipinski definition) is 2. The minimum absolute atomic E-state index is 0.0209. The van der Waals surface area contributed by atoms with Crippen molar-refractivity contribution in [2.75, 3.05) is 13.2 Å². The highest BCUT2D eigenvalue weighted by molar-refractivity contribution is 5.78. The van der Waals surface area contributed by atoms with Gasteiger partial charge in [0.15, 0.2) is 0 Å². The van der Waals surface area contributed by atoms with Crippen molar-refractivity contribution in [2.24, 2.45) is 0 Å². The Labute approximate surface area is 53.4 Å². The molecule has 0 bridgehead atoms. The monoisotopic (exact) mass is 127 g/mol. The Hall–Kier alpha value is -0.570. The molecule has 9 heavy (non-hydrogen) atoms. The second kappa shape index (κ2) is 1.48. The van der Waals surface area contributed by atoms with Gasteiger partial charge in [-0.25, -0.2) is 0 Å². The minimum Gasteiger partial charge on any atom is -0.363 e. The molecule has 3 nitrogen and oxygen atoms in total. The van der Waals surface area contributed by atoms with Crippen molar-refractivity contribution >= 4 is 5.91 Å². The Balaban J connectivity index is 1.98. The first-order chi connectivity index (χ1) is 4.31. The summed E-state index contributed by atoms with van der Waals surface area (Å²) in [6.07, 6.45) is 2.24. The van der Waals surface area contributed by atoms with Crippen LogP contribution in [0.3, 0.4) is 0 Å². The van der Waals surface area contributed by atoms with Crippen LogP contribution in [0.1, 0.15) is 12.8 Å².